The van der Waals surface area contributed by atoms with Crippen LogP contribution in [-0.4, -0.2) is 0 Å². The van der Waals surface area contributed by atoms with E-state index in [9.17, 15) is 18.0 Å². The van der Waals surface area contributed by atoms with Crippen LogP contribution in [0.1, 0.15) is 5.56 Å². The summed E-state index contributed by atoms with van der Waals surface area (Å²) < 4.78 is 38.6. The van der Waals surface area contributed by atoms with Crippen molar-refractivity contribution in [3.8, 4) is 10.4 Å². The van der Waals surface area contributed by atoms with Crippen LogP contribution in [0.15, 0.2) is 59.4 Å². The van der Waals surface area contributed by atoms with E-state index in [0.29, 0.717) is 4.70 Å². The predicted octanol–water partition coefficient (Wildman–Crippen LogP) is 4.95. The van der Waals surface area contributed by atoms with Crippen molar-refractivity contribution >= 4 is 21.4 Å². The number of alkyl halides is 3. The zero-order valence-corrected chi connectivity index (χ0v) is 11.5. The minimum absolute atomic E-state index is 0.106. The second-order valence-electron chi connectivity index (χ2n) is 4.55. The average Bonchev–Trinajstić information content (AvgIpc) is 2.47. The van der Waals surface area contributed by atoms with Crippen molar-refractivity contribution < 1.29 is 13.2 Å². The fourth-order valence-electron chi connectivity index (χ4n) is 2.08. The summed E-state index contributed by atoms with van der Waals surface area (Å²) in [7, 11) is 0. The highest BCUT2D eigenvalue weighted by Crippen LogP contribution is 2.33. The second-order valence-corrected chi connectivity index (χ2v) is 5.63. The molecule has 3 rings (SSSR count). The maximum atomic E-state index is 12.7. The van der Waals surface area contributed by atoms with Gasteiger partial charge in [-0.05, 0) is 23.8 Å². The first-order valence-electron chi connectivity index (χ1n) is 6.16. The molecule has 0 aliphatic carbocycles. The summed E-state index contributed by atoms with van der Waals surface area (Å²) in [5.74, 6) is 0. The number of halogens is 3. The van der Waals surface area contributed by atoms with Crippen LogP contribution in [0.3, 0.4) is 0 Å². The normalized spacial score (nSPS) is 11.8. The monoisotopic (exact) mass is 306 g/mol. The highest BCUT2D eigenvalue weighted by atomic mass is 32.1. The largest absolute Gasteiger partial charge is 0.416 e. The molecule has 5 heteroatoms. The minimum atomic E-state index is -4.44. The van der Waals surface area contributed by atoms with Gasteiger partial charge in [0.1, 0.15) is 0 Å². The first kappa shape index (κ1) is 13.8. The molecule has 0 fully saturated rings. The molecule has 1 aromatic heterocycles. The van der Waals surface area contributed by atoms with Gasteiger partial charge in [0.2, 0.25) is 0 Å². The first-order valence-corrected chi connectivity index (χ1v) is 6.97. The summed E-state index contributed by atoms with van der Waals surface area (Å²) in [6.07, 6.45) is -4.44. The molecule has 0 atom stereocenters. The molecule has 3 aromatic rings. The molecule has 1 nitrogen and oxygen atoms in total. The number of benzene rings is 2. The third kappa shape index (κ3) is 2.69. The van der Waals surface area contributed by atoms with Crippen LogP contribution in [0.4, 0.5) is 13.2 Å². The average molecular weight is 306 g/mol. The lowest BCUT2D eigenvalue weighted by atomic mass is 10.1. The van der Waals surface area contributed by atoms with Gasteiger partial charge >= 0.3 is 6.18 Å². The van der Waals surface area contributed by atoms with Crippen molar-refractivity contribution in [3.05, 3.63) is 70.4 Å². The molecule has 1 heterocycles. The van der Waals surface area contributed by atoms with Crippen LogP contribution in [0.25, 0.3) is 20.5 Å². The van der Waals surface area contributed by atoms with Gasteiger partial charge in [-0.1, -0.05) is 30.3 Å². The molecule has 0 saturated carbocycles. The standard InChI is InChI=1S/C16H9F3OS/c17-16(18,19)11-6-7-14-12(8-11)13(20)9-15(21-14)10-4-2-1-3-5-10/h1-9H. The van der Waals surface area contributed by atoms with Gasteiger partial charge < -0.3 is 0 Å². The van der Waals surface area contributed by atoms with Gasteiger partial charge in [0, 0.05) is 21.0 Å². The van der Waals surface area contributed by atoms with Crippen molar-refractivity contribution in [3.63, 3.8) is 0 Å². The molecule has 0 aliphatic heterocycles. The maximum Gasteiger partial charge on any atom is 0.416 e. The van der Waals surface area contributed by atoms with Gasteiger partial charge in [-0.2, -0.15) is 13.2 Å². The molecular weight excluding hydrogens is 297 g/mol. The molecule has 0 spiro atoms. The van der Waals surface area contributed by atoms with Gasteiger partial charge in [-0.25, -0.2) is 0 Å². The Balaban J connectivity index is 2.21. The van der Waals surface area contributed by atoms with Crippen LogP contribution in [0.2, 0.25) is 0 Å². The molecule has 106 valence electrons. The van der Waals surface area contributed by atoms with E-state index < -0.39 is 17.2 Å². The van der Waals surface area contributed by atoms with Gasteiger partial charge in [0.25, 0.3) is 0 Å². The van der Waals surface area contributed by atoms with Crippen molar-refractivity contribution in [1.29, 1.82) is 0 Å². The second kappa shape index (κ2) is 5.00. The van der Waals surface area contributed by atoms with Crippen LogP contribution in [0, 0.1) is 0 Å². The lowest BCUT2D eigenvalue weighted by Crippen LogP contribution is -2.07. The topological polar surface area (TPSA) is 17.1 Å². The van der Waals surface area contributed by atoms with E-state index in [-0.39, 0.29) is 5.39 Å². The molecule has 0 aliphatic rings. The molecule has 2 aromatic carbocycles. The molecule has 0 N–H and O–H groups in total. The SMILES string of the molecule is O=c1cc(-c2ccccc2)sc2ccc(C(F)(F)F)cc12. The Bertz CT molecular complexity index is 851. The third-order valence-electron chi connectivity index (χ3n) is 3.11. The van der Waals surface area contributed by atoms with Crippen LogP contribution in [-0.2, 0) is 6.18 Å². The summed E-state index contributed by atoms with van der Waals surface area (Å²) in [5, 5.41) is 0.106. The molecular formula is C16H9F3OS. The predicted molar refractivity (Wildman–Crippen MR) is 78.5 cm³/mol. The number of rotatable bonds is 1. The van der Waals surface area contributed by atoms with Crippen LogP contribution in [0.5, 0.6) is 0 Å². The number of fused-ring (bicyclic) bond motifs is 1. The Morgan fingerprint density at radius 3 is 2.29 bits per heavy atom. The van der Waals surface area contributed by atoms with Gasteiger partial charge in [-0.15, -0.1) is 11.3 Å². The minimum Gasteiger partial charge on any atom is -0.289 e. The smallest absolute Gasteiger partial charge is 0.289 e. The van der Waals surface area contributed by atoms with E-state index in [4.69, 9.17) is 0 Å². The van der Waals surface area contributed by atoms with Crippen molar-refractivity contribution in [1.82, 2.24) is 0 Å². The Labute approximate surface area is 122 Å². The lowest BCUT2D eigenvalue weighted by molar-refractivity contribution is -0.137. The molecule has 0 amide bonds. The molecule has 0 bridgehead atoms. The van der Waals surface area contributed by atoms with Gasteiger partial charge in [-0.3, -0.25) is 4.79 Å². The van der Waals surface area contributed by atoms with E-state index in [0.717, 1.165) is 22.6 Å². The fraction of sp³-hybridized carbons (Fsp3) is 0.0625. The molecule has 0 radical (unpaired) electrons. The molecule has 0 saturated heterocycles. The van der Waals surface area contributed by atoms with E-state index in [1.54, 1.807) is 0 Å². The molecule has 0 unspecified atom stereocenters. The summed E-state index contributed by atoms with van der Waals surface area (Å²) in [4.78, 5) is 12.8. The van der Waals surface area contributed by atoms with Gasteiger partial charge in [0.05, 0.1) is 5.56 Å². The Morgan fingerprint density at radius 1 is 0.905 bits per heavy atom. The highest BCUT2D eigenvalue weighted by molar-refractivity contribution is 7.21. The quantitative estimate of drug-likeness (QED) is 0.622. The van der Waals surface area contributed by atoms with Crippen molar-refractivity contribution in [2.24, 2.45) is 0 Å². The number of hydrogen-bond acceptors (Lipinski definition) is 2. The zero-order valence-electron chi connectivity index (χ0n) is 10.6. The van der Waals surface area contributed by atoms with E-state index in [1.165, 1.54) is 23.5 Å². The van der Waals surface area contributed by atoms with Crippen molar-refractivity contribution in [2.75, 3.05) is 0 Å². The summed E-state index contributed by atoms with van der Waals surface area (Å²) in [5.41, 5.74) is -0.318. The van der Waals surface area contributed by atoms with E-state index >= 15 is 0 Å². The summed E-state index contributed by atoms with van der Waals surface area (Å²) >= 11 is 1.31. The Kier molecular flexibility index (Phi) is 3.29. The molecule has 21 heavy (non-hydrogen) atoms. The fourth-order valence-corrected chi connectivity index (χ4v) is 3.14. The van der Waals surface area contributed by atoms with E-state index in [1.807, 2.05) is 30.3 Å². The van der Waals surface area contributed by atoms with Crippen LogP contribution < -0.4 is 5.43 Å². The number of hydrogen-bond donors (Lipinski definition) is 0. The summed E-state index contributed by atoms with van der Waals surface area (Å²) in [6.45, 7) is 0. The zero-order chi connectivity index (χ0) is 15.0. The Morgan fingerprint density at radius 2 is 1.62 bits per heavy atom. The lowest BCUT2D eigenvalue weighted by Gasteiger charge is -2.08. The maximum absolute atomic E-state index is 12.7. The van der Waals surface area contributed by atoms with Crippen LogP contribution >= 0.6 is 11.3 Å². The third-order valence-corrected chi connectivity index (χ3v) is 4.26. The first-order chi connectivity index (χ1) is 9.95. The van der Waals surface area contributed by atoms with E-state index in [2.05, 4.69) is 0 Å². The van der Waals surface area contributed by atoms with Gasteiger partial charge in [0.15, 0.2) is 5.43 Å². The summed E-state index contributed by atoms with van der Waals surface area (Å²) in [6, 6.07) is 14.0. The highest BCUT2D eigenvalue weighted by Gasteiger charge is 2.30. The van der Waals surface area contributed by atoms with Crippen molar-refractivity contribution in [2.45, 2.75) is 6.18 Å². The Hall–Kier alpha value is -2.14.